The summed E-state index contributed by atoms with van der Waals surface area (Å²) in [4.78, 5) is 14.9. The number of rotatable bonds is 6. The number of nitrogens with zero attached hydrogens (tertiary/aromatic N) is 1. The van der Waals surface area contributed by atoms with Gasteiger partial charge in [-0.3, -0.25) is 4.79 Å². The third-order valence-corrected chi connectivity index (χ3v) is 3.85. The van der Waals surface area contributed by atoms with Crippen molar-refractivity contribution in [2.75, 3.05) is 19.7 Å². The zero-order valence-corrected chi connectivity index (χ0v) is 12.0. The second kappa shape index (κ2) is 7.03. The van der Waals surface area contributed by atoms with Crippen molar-refractivity contribution in [2.45, 2.75) is 0 Å². The largest absolute Gasteiger partial charge is 0.395 e. The number of hydrogen-bond acceptors (Lipinski definition) is 3. The van der Waals surface area contributed by atoms with Gasteiger partial charge in [-0.15, -0.1) is 17.9 Å². The molecule has 4 heteroatoms. The Bertz CT molecular complexity index is 577. The van der Waals surface area contributed by atoms with E-state index in [9.17, 15) is 4.79 Å². The first-order chi connectivity index (χ1) is 9.77. The molecule has 0 radical (unpaired) electrons. The van der Waals surface area contributed by atoms with Crippen molar-refractivity contribution >= 4 is 17.2 Å². The molecule has 0 atom stereocenters. The summed E-state index contributed by atoms with van der Waals surface area (Å²) in [5, 5.41) is 11.0. The number of carbonyl (C=O) groups excluding carboxylic acids is 1. The third kappa shape index (κ3) is 3.15. The van der Waals surface area contributed by atoms with E-state index in [-0.39, 0.29) is 12.5 Å². The number of hydrogen-bond donors (Lipinski definition) is 1. The smallest absolute Gasteiger partial charge is 0.264 e. The van der Waals surface area contributed by atoms with Gasteiger partial charge >= 0.3 is 0 Å². The van der Waals surface area contributed by atoms with E-state index in [0.717, 1.165) is 11.1 Å². The van der Waals surface area contributed by atoms with Gasteiger partial charge in [0.05, 0.1) is 11.5 Å². The fraction of sp³-hybridized carbons (Fsp3) is 0.188. The molecule has 1 N–H and O–H groups in total. The van der Waals surface area contributed by atoms with Gasteiger partial charge in [0.15, 0.2) is 0 Å². The lowest BCUT2D eigenvalue weighted by atomic mass is 10.1. The summed E-state index contributed by atoms with van der Waals surface area (Å²) in [5.41, 5.74) is 1.97. The van der Waals surface area contributed by atoms with Gasteiger partial charge in [0.1, 0.15) is 0 Å². The minimum absolute atomic E-state index is 0.0500. The van der Waals surface area contributed by atoms with Crippen molar-refractivity contribution in [1.29, 1.82) is 0 Å². The summed E-state index contributed by atoms with van der Waals surface area (Å²) >= 11 is 1.43. The van der Waals surface area contributed by atoms with Crippen LogP contribution in [0.25, 0.3) is 11.1 Å². The molecule has 0 aliphatic rings. The molecular formula is C16H17NO2S. The monoisotopic (exact) mass is 287 g/mol. The molecule has 2 rings (SSSR count). The Morgan fingerprint density at radius 3 is 2.70 bits per heavy atom. The van der Waals surface area contributed by atoms with Gasteiger partial charge < -0.3 is 10.0 Å². The van der Waals surface area contributed by atoms with Crippen LogP contribution in [0.1, 0.15) is 9.67 Å². The van der Waals surface area contributed by atoms with E-state index < -0.39 is 0 Å². The molecule has 0 aliphatic heterocycles. The highest BCUT2D eigenvalue weighted by molar-refractivity contribution is 7.12. The summed E-state index contributed by atoms with van der Waals surface area (Å²) in [7, 11) is 0. The average Bonchev–Trinajstić information content (AvgIpc) is 2.96. The van der Waals surface area contributed by atoms with Gasteiger partial charge in [-0.05, 0) is 17.0 Å². The highest BCUT2D eigenvalue weighted by Crippen LogP contribution is 2.29. The van der Waals surface area contributed by atoms with Crippen LogP contribution in [0.4, 0.5) is 0 Å². The maximum atomic E-state index is 12.6. The molecule has 20 heavy (non-hydrogen) atoms. The molecule has 104 valence electrons. The van der Waals surface area contributed by atoms with E-state index in [1.54, 1.807) is 11.0 Å². The fourth-order valence-electron chi connectivity index (χ4n) is 2.02. The molecule has 0 unspecified atom stereocenters. The second-order valence-electron chi connectivity index (χ2n) is 4.29. The Morgan fingerprint density at radius 2 is 2.05 bits per heavy atom. The van der Waals surface area contributed by atoms with Crippen LogP contribution in [0.15, 0.2) is 54.4 Å². The standard InChI is InChI=1S/C16H17NO2S/c1-2-9-17(10-11-18)16(19)15-14(8-12-20-15)13-6-4-3-5-7-13/h2-8,12,18H,1,9-11H2. The van der Waals surface area contributed by atoms with Gasteiger partial charge in [0.2, 0.25) is 0 Å². The Balaban J connectivity index is 2.31. The van der Waals surface area contributed by atoms with Crippen LogP contribution >= 0.6 is 11.3 Å². The normalized spacial score (nSPS) is 10.2. The van der Waals surface area contributed by atoms with E-state index in [2.05, 4.69) is 6.58 Å². The third-order valence-electron chi connectivity index (χ3n) is 2.95. The second-order valence-corrected chi connectivity index (χ2v) is 5.21. The first kappa shape index (κ1) is 14.5. The lowest BCUT2D eigenvalue weighted by molar-refractivity contribution is 0.0748. The molecule has 1 heterocycles. The van der Waals surface area contributed by atoms with Gasteiger partial charge in [-0.1, -0.05) is 36.4 Å². The maximum Gasteiger partial charge on any atom is 0.264 e. The summed E-state index contributed by atoms with van der Waals surface area (Å²) in [6.07, 6.45) is 1.67. The molecule has 0 spiro atoms. The molecule has 1 aromatic carbocycles. The van der Waals surface area contributed by atoms with Gasteiger partial charge in [0.25, 0.3) is 5.91 Å². The first-order valence-electron chi connectivity index (χ1n) is 6.42. The molecule has 2 aromatic rings. The van der Waals surface area contributed by atoms with Crippen LogP contribution in [0, 0.1) is 0 Å². The number of carbonyl (C=O) groups is 1. The van der Waals surface area contributed by atoms with Crippen molar-refractivity contribution in [3.05, 3.63) is 59.3 Å². The molecule has 0 bridgehead atoms. The topological polar surface area (TPSA) is 40.5 Å². The average molecular weight is 287 g/mol. The van der Waals surface area contributed by atoms with E-state index >= 15 is 0 Å². The molecule has 0 saturated heterocycles. The number of aliphatic hydroxyl groups excluding tert-OH is 1. The van der Waals surface area contributed by atoms with E-state index in [0.29, 0.717) is 18.0 Å². The number of aliphatic hydroxyl groups is 1. The molecule has 0 saturated carbocycles. The van der Waals surface area contributed by atoms with Crippen molar-refractivity contribution in [3.63, 3.8) is 0 Å². The van der Waals surface area contributed by atoms with Crippen molar-refractivity contribution in [1.82, 2.24) is 4.90 Å². The van der Waals surface area contributed by atoms with Crippen molar-refractivity contribution in [3.8, 4) is 11.1 Å². The van der Waals surface area contributed by atoms with E-state index in [1.165, 1.54) is 11.3 Å². The summed E-state index contributed by atoms with van der Waals surface area (Å²) in [6.45, 7) is 4.36. The summed E-state index contributed by atoms with van der Waals surface area (Å²) in [6, 6.07) is 11.8. The summed E-state index contributed by atoms with van der Waals surface area (Å²) in [5.74, 6) is -0.0622. The fourth-order valence-corrected chi connectivity index (χ4v) is 2.90. The number of amides is 1. The van der Waals surface area contributed by atoms with Gasteiger partial charge in [-0.2, -0.15) is 0 Å². The highest BCUT2D eigenvalue weighted by atomic mass is 32.1. The van der Waals surface area contributed by atoms with Crippen LogP contribution < -0.4 is 0 Å². The van der Waals surface area contributed by atoms with Crippen molar-refractivity contribution < 1.29 is 9.90 Å². The van der Waals surface area contributed by atoms with Gasteiger partial charge in [-0.25, -0.2) is 0 Å². The highest BCUT2D eigenvalue weighted by Gasteiger charge is 2.19. The van der Waals surface area contributed by atoms with Crippen LogP contribution in [-0.4, -0.2) is 35.6 Å². The molecule has 1 aromatic heterocycles. The van der Waals surface area contributed by atoms with Crippen LogP contribution in [0.2, 0.25) is 0 Å². The molecule has 3 nitrogen and oxygen atoms in total. The number of thiophene rings is 1. The molecular weight excluding hydrogens is 270 g/mol. The summed E-state index contributed by atoms with van der Waals surface area (Å²) < 4.78 is 0. The Morgan fingerprint density at radius 1 is 1.30 bits per heavy atom. The predicted molar refractivity (Wildman–Crippen MR) is 82.9 cm³/mol. The molecule has 1 amide bonds. The number of benzene rings is 1. The molecule has 0 aliphatic carbocycles. The van der Waals surface area contributed by atoms with E-state index in [4.69, 9.17) is 5.11 Å². The maximum absolute atomic E-state index is 12.6. The van der Waals surface area contributed by atoms with Crippen LogP contribution in [0.5, 0.6) is 0 Å². The molecule has 0 fully saturated rings. The zero-order valence-electron chi connectivity index (χ0n) is 11.2. The van der Waals surface area contributed by atoms with Crippen LogP contribution in [-0.2, 0) is 0 Å². The zero-order chi connectivity index (χ0) is 14.4. The van der Waals surface area contributed by atoms with E-state index in [1.807, 2.05) is 41.8 Å². The van der Waals surface area contributed by atoms with Crippen molar-refractivity contribution in [2.24, 2.45) is 0 Å². The predicted octanol–water partition coefficient (Wildman–Crippen LogP) is 3.04. The first-order valence-corrected chi connectivity index (χ1v) is 7.30. The minimum atomic E-state index is -0.0622. The lowest BCUT2D eigenvalue weighted by Gasteiger charge is -2.20. The van der Waals surface area contributed by atoms with Gasteiger partial charge in [0, 0.05) is 18.7 Å². The Kier molecular flexibility index (Phi) is 5.09. The van der Waals surface area contributed by atoms with Crippen LogP contribution in [0.3, 0.4) is 0 Å². The SMILES string of the molecule is C=CCN(CCO)C(=O)c1sccc1-c1ccccc1. The Hall–Kier alpha value is -1.91. The Labute approximate surface area is 122 Å². The minimum Gasteiger partial charge on any atom is -0.395 e. The lowest BCUT2D eigenvalue weighted by Crippen LogP contribution is -2.33. The quantitative estimate of drug-likeness (QED) is 0.830.